The van der Waals surface area contributed by atoms with Gasteiger partial charge in [-0.2, -0.15) is 0 Å². The average molecular weight is 444 g/mol. The lowest BCUT2D eigenvalue weighted by molar-refractivity contribution is -0.160. The maximum absolute atomic E-state index is 13.8. The van der Waals surface area contributed by atoms with Gasteiger partial charge in [-0.1, -0.05) is 11.6 Å². The number of benzene rings is 1. The topological polar surface area (TPSA) is 78.5 Å². The van der Waals surface area contributed by atoms with Crippen LogP contribution in [0, 0.1) is 23.2 Å². The molecule has 0 spiro atoms. The van der Waals surface area contributed by atoms with Gasteiger partial charge in [0.2, 0.25) is 17.7 Å². The molecule has 0 aromatic heterocycles. The molecular weight excluding hydrogens is 414 g/mol. The molecule has 5 aliphatic rings. The zero-order chi connectivity index (χ0) is 21.8. The average Bonchev–Trinajstić information content (AvgIpc) is 3.18. The number of rotatable bonds is 4. The standard InChI is InChI=1S/C24H30ClN3O3/c1-14(29)26-20-5-4-18(10-19(20)25)27-22(30)21-3-2-6-28(21)23(31)24-11-15-7-16(12-24)9-17(8-15)13-24/h4-5,10,15-17,21H,2-3,6-9,11-13H2,1H3,(H,26,29)(H,27,30)/t15?,16?,17?,21-,24?/m1/s1. The second kappa shape index (κ2) is 7.80. The van der Waals surface area contributed by atoms with E-state index in [0.29, 0.717) is 47.1 Å². The number of amides is 3. The van der Waals surface area contributed by atoms with Crippen LogP contribution in [-0.2, 0) is 14.4 Å². The van der Waals surface area contributed by atoms with Crippen molar-refractivity contribution in [2.24, 2.45) is 23.2 Å². The van der Waals surface area contributed by atoms with E-state index in [9.17, 15) is 14.4 Å². The van der Waals surface area contributed by atoms with Crippen molar-refractivity contribution in [1.82, 2.24) is 4.90 Å². The van der Waals surface area contributed by atoms with Crippen molar-refractivity contribution in [3.8, 4) is 0 Å². The van der Waals surface area contributed by atoms with Gasteiger partial charge in [-0.15, -0.1) is 0 Å². The summed E-state index contributed by atoms with van der Waals surface area (Å²) in [5.74, 6) is 1.98. The number of anilines is 2. The Bertz CT molecular complexity index is 895. The lowest BCUT2D eigenvalue weighted by atomic mass is 9.49. The fraction of sp³-hybridized carbons (Fsp3) is 0.625. The van der Waals surface area contributed by atoms with Crippen LogP contribution in [0.2, 0.25) is 5.02 Å². The molecule has 7 heteroatoms. The normalized spacial score (nSPS) is 33.4. The van der Waals surface area contributed by atoms with E-state index < -0.39 is 6.04 Å². The quantitative estimate of drug-likeness (QED) is 0.721. The number of carbonyl (C=O) groups excluding carboxylic acids is 3. The summed E-state index contributed by atoms with van der Waals surface area (Å²) in [5, 5.41) is 5.95. The molecule has 5 fully saturated rings. The molecule has 4 aliphatic carbocycles. The minimum absolute atomic E-state index is 0.154. The Balaban J connectivity index is 1.29. The number of halogens is 1. The fourth-order valence-electron chi connectivity index (χ4n) is 7.07. The van der Waals surface area contributed by atoms with E-state index in [0.717, 1.165) is 25.7 Å². The summed E-state index contributed by atoms with van der Waals surface area (Å²) in [7, 11) is 0. The lowest BCUT2D eigenvalue weighted by Crippen LogP contribution is -2.56. The van der Waals surface area contributed by atoms with Gasteiger partial charge in [-0.25, -0.2) is 0 Å². The van der Waals surface area contributed by atoms with Crippen LogP contribution in [0.1, 0.15) is 58.3 Å². The van der Waals surface area contributed by atoms with Gasteiger partial charge in [0.05, 0.1) is 16.1 Å². The molecule has 6 rings (SSSR count). The molecule has 2 N–H and O–H groups in total. The molecule has 1 aromatic rings. The zero-order valence-electron chi connectivity index (χ0n) is 18.0. The van der Waals surface area contributed by atoms with Crippen LogP contribution >= 0.6 is 11.6 Å². The van der Waals surface area contributed by atoms with Gasteiger partial charge in [-0.3, -0.25) is 14.4 Å². The molecule has 1 saturated heterocycles. The van der Waals surface area contributed by atoms with Crippen molar-refractivity contribution in [3.05, 3.63) is 23.2 Å². The van der Waals surface area contributed by atoms with Crippen molar-refractivity contribution in [2.75, 3.05) is 17.2 Å². The van der Waals surface area contributed by atoms with E-state index in [1.54, 1.807) is 18.2 Å². The summed E-state index contributed by atoms with van der Waals surface area (Å²) in [5.41, 5.74) is 0.853. The zero-order valence-corrected chi connectivity index (χ0v) is 18.7. The summed E-state index contributed by atoms with van der Waals surface area (Å²) >= 11 is 6.24. The Labute approximate surface area is 188 Å². The van der Waals surface area contributed by atoms with E-state index >= 15 is 0 Å². The van der Waals surface area contributed by atoms with Gasteiger partial charge in [0.15, 0.2) is 0 Å². The minimum Gasteiger partial charge on any atom is -0.330 e. The van der Waals surface area contributed by atoms with Crippen LogP contribution in [0.15, 0.2) is 18.2 Å². The van der Waals surface area contributed by atoms with Crippen LogP contribution in [0.3, 0.4) is 0 Å². The van der Waals surface area contributed by atoms with Crippen LogP contribution in [0.25, 0.3) is 0 Å². The molecule has 31 heavy (non-hydrogen) atoms. The van der Waals surface area contributed by atoms with Gasteiger partial charge >= 0.3 is 0 Å². The van der Waals surface area contributed by atoms with Crippen LogP contribution < -0.4 is 10.6 Å². The minimum atomic E-state index is -0.422. The number of carbonyl (C=O) groups is 3. The molecule has 4 bridgehead atoms. The number of likely N-dealkylation sites (tertiary alicyclic amines) is 1. The fourth-order valence-corrected chi connectivity index (χ4v) is 7.30. The second-order valence-corrected chi connectivity index (χ2v) is 10.6. The molecule has 1 aromatic carbocycles. The second-order valence-electron chi connectivity index (χ2n) is 10.2. The third kappa shape index (κ3) is 3.84. The molecule has 6 nitrogen and oxygen atoms in total. The highest BCUT2D eigenvalue weighted by atomic mass is 35.5. The molecule has 1 heterocycles. The SMILES string of the molecule is CC(=O)Nc1ccc(NC(=O)[C@H]2CCCN2C(=O)C23CC4CC(CC(C4)C2)C3)cc1Cl. The van der Waals surface area contributed by atoms with Crippen LogP contribution in [0.5, 0.6) is 0 Å². The number of hydrogen-bond acceptors (Lipinski definition) is 3. The molecule has 1 aliphatic heterocycles. The van der Waals surface area contributed by atoms with Gasteiger partial charge in [-0.05, 0) is 87.3 Å². The van der Waals surface area contributed by atoms with Crippen LogP contribution in [0.4, 0.5) is 11.4 Å². The summed E-state index contributed by atoms with van der Waals surface area (Å²) < 4.78 is 0. The summed E-state index contributed by atoms with van der Waals surface area (Å²) in [6.07, 6.45) is 8.50. The molecule has 0 unspecified atom stereocenters. The predicted octanol–water partition coefficient (Wildman–Crippen LogP) is 4.44. The number of nitrogens with one attached hydrogen (secondary N) is 2. The van der Waals surface area contributed by atoms with Crippen molar-refractivity contribution in [1.29, 1.82) is 0 Å². The smallest absolute Gasteiger partial charge is 0.247 e. The highest BCUT2D eigenvalue weighted by Gasteiger charge is 2.56. The van der Waals surface area contributed by atoms with Crippen molar-refractivity contribution in [3.63, 3.8) is 0 Å². The molecule has 166 valence electrons. The first-order chi connectivity index (χ1) is 14.8. The highest BCUT2D eigenvalue weighted by Crippen LogP contribution is 2.60. The summed E-state index contributed by atoms with van der Waals surface area (Å²) in [6, 6.07) is 4.60. The Morgan fingerprint density at radius 3 is 2.26 bits per heavy atom. The summed E-state index contributed by atoms with van der Waals surface area (Å²) in [4.78, 5) is 40.0. The first-order valence-electron chi connectivity index (χ1n) is 11.5. The van der Waals surface area contributed by atoms with Crippen molar-refractivity contribution < 1.29 is 14.4 Å². The van der Waals surface area contributed by atoms with Crippen molar-refractivity contribution >= 4 is 40.7 Å². The number of hydrogen-bond donors (Lipinski definition) is 2. The van der Waals surface area contributed by atoms with Gasteiger partial charge in [0.1, 0.15) is 6.04 Å². The largest absolute Gasteiger partial charge is 0.330 e. The van der Waals surface area contributed by atoms with E-state index in [1.165, 1.54) is 26.2 Å². The molecular formula is C24H30ClN3O3. The van der Waals surface area contributed by atoms with E-state index in [1.807, 2.05) is 4.90 Å². The van der Waals surface area contributed by atoms with Crippen LogP contribution in [-0.4, -0.2) is 35.2 Å². The van der Waals surface area contributed by atoms with Gasteiger partial charge in [0, 0.05) is 19.2 Å². The van der Waals surface area contributed by atoms with E-state index in [4.69, 9.17) is 11.6 Å². The first-order valence-corrected chi connectivity index (χ1v) is 11.9. The Morgan fingerprint density at radius 2 is 1.68 bits per heavy atom. The van der Waals surface area contributed by atoms with E-state index in [2.05, 4.69) is 10.6 Å². The maximum atomic E-state index is 13.8. The maximum Gasteiger partial charge on any atom is 0.247 e. The first kappa shape index (κ1) is 20.8. The monoisotopic (exact) mass is 443 g/mol. The molecule has 0 radical (unpaired) electrons. The summed E-state index contributed by atoms with van der Waals surface area (Å²) in [6.45, 7) is 2.09. The van der Waals surface area contributed by atoms with Crippen molar-refractivity contribution in [2.45, 2.75) is 64.3 Å². The Hall–Kier alpha value is -2.08. The molecule has 1 atom stereocenters. The predicted molar refractivity (Wildman–Crippen MR) is 120 cm³/mol. The van der Waals surface area contributed by atoms with Gasteiger partial charge < -0.3 is 15.5 Å². The van der Waals surface area contributed by atoms with E-state index in [-0.39, 0.29) is 23.1 Å². The molecule has 4 saturated carbocycles. The Morgan fingerprint density at radius 1 is 1.03 bits per heavy atom. The highest BCUT2D eigenvalue weighted by molar-refractivity contribution is 6.34. The molecule has 3 amide bonds. The number of nitrogens with zero attached hydrogens (tertiary/aromatic N) is 1. The van der Waals surface area contributed by atoms with Gasteiger partial charge in [0.25, 0.3) is 0 Å². The third-order valence-electron chi connectivity index (χ3n) is 7.86. The Kier molecular flexibility index (Phi) is 5.24. The lowest BCUT2D eigenvalue weighted by Gasteiger charge is -2.56. The third-order valence-corrected chi connectivity index (χ3v) is 8.17.